The molecule has 0 aromatic carbocycles. The van der Waals surface area contributed by atoms with Crippen LogP contribution in [0.3, 0.4) is 0 Å². The quantitative estimate of drug-likeness (QED) is 0.524. The molecule has 8 heteroatoms. The van der Waals surface area contributed by atoms with E-state index >= 15 is 0 Å². The predicted octanol–water partition coefficient (Wildman–Crippen LogP) is 2.29. The van der Waals surface area contributed by atoms with Crippen molar-refractivity contribution in [2.45, 2.75) is 26.9 Å². The van der Waals surface area contributed by atoms with Gasteiger partial charge in [-0.1, -0.05) is 0 Å². The van der Waals surface area contributed by atoms with E-state index in [1.165, 1.54) is 4.88 Å². The number of hydrogen-bond acceptors (Lipinski definition) is 5. The van der Waals surface area contributed by atoms with Crippen molar-refractivity contribution in [1.82, 2.24) is 30.4 Å². The van der Waals surface area contributed by atoms with Gasteiger partial charge in [0.2, 0.25) is 0 Å². The molecule has 0 aliphatic rings. The van der Waals surface area contributed by atoms with Crippen LogP contribution in [-0.2, 0) is 13.1 Å². The Balaban J connectivity index is 1.65. The van der Waals surface area contributed by atoms with Gasteiger partial charge in [-0.15, -0.1) is 11.3 Å². The van der Waals surface area contributed by atoms with E-state index in [0.717, 1.165) is 28.9 Å². The molecule has 0 bridgehead atoms. The molecule has 0 saturated heterocycles. The topological polar surface area (TPSA) is 80.0 Å². The fourth-order valence-corrected chi connectivity index (χ4v) is 2.97. The van der Waals surface area contributed by atoms with Crippen molar-refractivity contribution in [1.29, 1.82) is 0 Å². The van der Waals surface area contributed by atoms with Gasteiger partial charge in [-0.2, -0.15) is 5.10 Å². The Hall–Kier alpha value is -2.74. The molecule has 7 nitrogen and oxygen atoms in total. The molecule has 0 amide bonds. The van der Waals surface area contributed by atoms with Crippen LogP contribution in [0.2, 0.25) is 0 Å². The van der Waals surface area contributed by atoms with Crippen LogP contribution >= 0.6 is 11.3 Å². The van der Waals surface area contributed by atoms with Gasteiger partial charge in [0.1, 0.15) is 5.01 Å². The van der Waals surface area contributed by atoms with E-state index in [-0.39, 0.29) is 0 Å². The fourth-order valence-electron chi connectivity index (χ4n) is 2.24. The molecular weight excluding hydrogens is 334 g/mol. The number of aromatic nitrogens is 4. The van der Waals surface area contributed by atoms with Crippen LogP contribution in [0.4, 0.5) is 0 Å². The first-order valence-electron chi connectivity index (χ1n) is 8.13. The number of nitrogens with one attached hydrogen (secondary N) is 2. The van der Waals surface area contributed by atoms with Crippen LogP contribution in [0.5, 0.6) is 0 Å². The van der Waals surface area contributed by atoms with Gasteiger partial charge in [-0.25, -0.2) is 19.6 Å². The second kappa shape index (κ2) is 8.39. The second-order valence-electron chi connectivity index (χ2n) is 5.39. The van der Waals surface area contributed by atoms with Gasteiger partial charge in [0, 0.05) is 36.2 Å². The number of guanidine groups is 1. The highest BCUT2D eigenvalue weighted by atomic mass is 32.1. The minimum absolute atomic E-state index is 0.559. The van der Waals surface area contributed by atoms with E-state index in [9.17, 15) is 0 Å². The number of aliphatic imine (C=N–C) groups is 1. The Morgan fingerprint density at radius 2 is 2.20 bits per heavy atom. The molecule has 0 atom stereocenters. The van der Waals surface area contributed by atoms with Gasteiger partial charge in [0.25, 0.3) is 0 Å². The molecule has 3 heterocycles. The van der Waals surface area contributed by atoms with Crippen molar-refractivity contribution >= 4 is 17.3 Å². The van der Waals surface area contributed by atoms with Gasteiger partial charge in [0.05, 0.1) is 13.1 Å². The zero-order valence-corrected chi connectivity index (χ0v) is 15.1. The first-order chi connectivity index (χ1) is 12.2. The predicted molar refractivity (Wildman–Crippen MR) is 99.9 cm³/mol. The third-order valence-corrected chi connectivity index (χ3v) is 4.30. The highest BCUT2D eigenvalue weighted by Crippen LogP contribution is 2.10. The third-order valence-electron chi connectivity index (χ3n) is 3.39. The summed E-state index contributed by atoms with van der Waals surface area (Å²) in [5.41, 5.74) is 1.07. The van der Waals surface area contributed by atoms with E-state index in [4.69, 9.17) is 0 Å². The van der Waals surface area contributed by atoms with Gasteiger partial charge in [-0.05, 0) is 37.6 Å². The Kier molecular flexibility index (Phi) is 5.73. The Bertz CT molecular complexity index is 823. The van der Waals surface area contributed by atoms with Gasteiger partial charge < -0.3 is 10.6 Å². The number of hydrogen-bond donors (Lipinski definition) is 2. The molecule has 0 aliphatic carbocycles. The lowest BCUT2D eigenvalue weighted by molar-refractivity contribution is 0.809. The summed E-state index contributed by atoms with van der Waals surface area (Å²) in [6, 6.07) is 5.83. The maximum Gasteiger partial charge on any atom is 0.191 e. The summed E-state index contributed by atoms with van der Waals surface area (Å²) in [5, 5.41) is 11.8. The number of pyridine rings is 1. The van der Waals surface area contributed by atoms with E-state index < -0.39 is 0 Å². The van der Waals surface area contributed by atoms with Gasteiger partial charge in [0.15, 0.2) is 11.8 Å². The highest BCUT2D eigenvalue weighted by molar-refractivity contribution is 7.11. The molecule has 0 fully saturated rings. The summed E-state index contributed by atoms with van der Waals surface area (Å²) < 4.78 is 1.74. The lowest BCUT2D eigenvalue weighted by atomic mass is 10.2. The van der Waals surface area contributed by atoms with Crippen LogP contribution < -0.4 is 10.6 Å². The normalized spacial score (nSPS) is 11.5. The van der Waals surface area contributed by atoms with Crippen molar-refractivity contribution in [3.63, 3.8) is 0 Å². The number of aryl methyl sites for hydroxylation is 1. The van der Waals surface area contributed by atoms with Crippen LogP contribution in [0.15, 0.2) is 48.0 Å². The minimum Gasteiger partial charge on any atom is -0.357 e. The van der Waals surface area contributed by atoms with E-state index in [1.807, 2.05) is 37.5 Å². The van der Waals surface area contributed by atoms with Crippen LogP contribution in [-0.4, -0.2) is 32.3 Å². The molecule has 0 aliphatic heterocycles. The Morgan fingerprint density at radius 3 is 2.92 bits per heavy atom. The second-order valence-corrected chi connectivity index (χ2v) is 6.71. The summed E-state index contributed by atoms with van der Waals surface area (Å²) >= 11 is 1.69. The molecule has 0 saturated carbocycles. The highest BCUT2D eigenvalue weighted by Gasteiger charge is 2.03. The smallest absolute Gasteiger partial charge is 0.191 e. The van der Waals surface area contributed by atoms with Crippen molar-refractivity contribution in [3.05, 3.63) is 58.4 Å². The molecular formula is C17H21N7S. The zero-order valence-electron chi connectivity index (χ0n) is 14.3. The minimum atomic E-state index is 0.559. The first kappa shape index (κ1) is 17.1. The molecule has 2 N–H and O–H groups in total. The standard InChI is InChI=1S/C17H21N7S/c1-3-18-17(22-12-16-20-10-13(2)25-16)21-11-14-5-7-19-15(9-14)24-8-4-6-23-24/h4-10H,3,11-12H2,1-2H3,(H2,18,21,22). The Morgan fingerprint density at radius 1 is 1.28 bits per heavy atom. The van der Waals surface area contributed by atoms with Gasteiger partial charge >= 0.3 is 0 Å². The van der Waals surface area contributed by atoms with Crippen molar-refractivity contribution < 1.29 is 0 Å². The molecule has 3 aromatic rings. The summed E-state index contributed by atoms with van der Waals surface area (Å²) in [6.45, 7) is 6.13. The summed E-state index contributed by atoms with van der Waals surface area (Å²) in [5.74, 6) is 1.56. The maximum absolute atomic E-state index is 4.64. The van der Waals surface area contributed by atoms with E-state index in [2.05, 4.69) is 37.6 Å². The average Bonchev–Trinajstić information content (AvgIpc) is 3.29. The van der Waals surface area contributed by atoms with Gasteiger partial charge in [-0.3, -0.25) is 0 Å². The first-order valence-corrected chi connectivity index (χ1v) is 8.94. The maximum atomic E-state index is 4.64. The molecule has 0 unspecified atom stereocenters. The van der Waals surface area contributed by atoms with Crippen molar-refractivity contribution in [2.24, 2.45) is 4.99 Å². The van der Waals surface area contributed by atoms with E-state index in [1.54, 1.807) is 28.4 Å². The molecule has 130 valence electrons. The zero-order chi connectivity index (χ0) is 17.5. The van der Waals surface area contributed by atoms with E-state index in [0.29, 0.717) is 13.1 Å². The summed E-state index contributed by atoms with van der Waals surface area (Å²) in [6.07, 6.45) is 7.27. The summed E-state index contributed by atoms with van der Waals surface area (Å²) in [4.78, 5) is 14.6. The molecule has 0 radical (unpaired) electrons. The van der Waals surface area contributed by atoms with Crippen LogP contribution in [0.25, 0.3) is 5.82 Å². The van der Waals surface area contributed by atoms with Crippen LogP contribution in [0.1, 0.15) is 22.4 Å². The number of nitrogens with zero attached hydrogens (tertiary/aromatic N) is 5. The van der Waals surface area contributed by atoms with Crippen molar-refractivity contribution in [2.75, 3.05) is 6.54 Å². The third kappa shape index (κ3) is 4.87. The monoisotopic (exact) mass is 355 g/mol. The molecule has 25 heavy (non-hydrogen) atoms. The number of rotatable bonds is 6. The number of thiazole rings is 1. The van der Waals surface area contributed by atoms with Crippen molar-refractivity contribution in [3.8, 4) is 5.82 Å². The molecule has 3 aromatic heterocycles. The fraction of sp³-hybridized carbons (Fsp3) is 0.294. The lowest BCUT2D eigenvalue weighted by Gasteiger charge is -2.10. The SMILES string of the molecule is CCNC(=NCc1ccnc(-n2cccn2)c1)NCc1ncc(C)s1. The molecule has 3 rings (SSSR count). The largest absolute Gasteiger partial charge is 0.357 e. The Labute approximate surface area is 150 Å². The average molecular weight is 355 g/mol. The molecule has 0 spiro atoms. The van der Waals surface area contributed by atoms with Crippen LogP contribution in [0, 0.1) is 6.92 Å². The lowest BCUT2D eigenvalue weighted by Crippen LogP contribution is -2.36. The summed E-state index contributed by atoms with van der Waals surface area (Å²) in [7, 11) is 0.